The number of carbonyl (C=O) groups excluding carboxylic acids is 1. The van der Waals surface area contributed by atoms with Crippen molar-refractivity contribution in [1.29, 1.82) is 0 Å². The smallest absolute Gasteiger partial charge is 0.263 e. The van der Waals surface area contributed by atoms with E-state index in [9.17, 15) is 9.90 Å². The first kappa shape index (κ1) is 17.9. The molecular weight excluding hydrogens is 340 g/mol. The summed E-state index contributed by atoms with van der Waals surface area (Å²) in [5, 5.41) is 14.0. The molecule has 1 fully saturated rings. The Morgan fingerprint density at radius 1 is 1.40 bits per heavy atom. The second kappa shape index (κ2) is 8.01. The van der Waals surface area contributed by atoms with Crippen molar-refractivity contribution in [3.8, 4) is 10.7 Å². The minimum absolute atomic E-state index is 0.181. The first-order chi connectivity index (χ1) is 12.0. The van der Waals surface area contributed by atoms with Crippen LogP contribution in [0.5, 0.6) is 0 Å². The van der Waals surface area contributed by atoms with E-state index < -0.39 is 5.60 Å². The molecule has 3 heterocycles. The van der Waals surface area contributed by atoms with Crippen LogP contribution in [0.25, 0.3) is 10.7 Å². The summed E-state index contributed by atoms with van der Waals surface area (Å²) in [7, 11) is 0. The quantitative estimate of drug-likeness (QED) is 0.798. The van der Waals surface area contributed by atoms with Gasteiger partial charge < -0.3 is 15.2 Å². The zero-order valence-corrected chi connectivity index (χ0v) is 15.0. The van der Waals surface area contributed by atoms with Gasteiger partial charge in [-0.05, 0) is 19.1 Å². The molecule has 1 saturated heterocycles. The van der Waals surface area contributed by atoms with Crippen molar-refractivity contribution < 1.29 is 14.6 Å². The van der Waals surface area contributed by atoms with Gasteiger partial charge in [0, 0.05) is 32.4 Å². The highest BCUT2D eigenvalue weighted by atomic mass is 32.1. The number of aromatic nitrogens is 2. The number of nitrogens with one attached hydrogen (secondary N) is 1. The van der Waals surface area contributed by atoms with Gasteiger partial charge in [-0.15, -0.1) is 11.3 Å². The number of nitrogens with zero attached hydrogens (tertiary/aromatic N) is 3. The molecule has 0 radical (unpaired) electrons. The Balaban J connectivity index is 1.54. The molecule has 0 aliphatic carbocycles. The fraction of sp³-hybridized carbons (Fsp3) is 0.471. The number of pyridine rings is 1. The number of morpholine rings is 1. The third-order valence-corrected chi connectivity index (χ3v) is 4.93. The van der Waals surface area contributed by atoms with Crippen molar-refractivity contribution in [3.63, 3.8) is 0 Å². The molecule has 1 aliphatic rings. The number of aliphatic hydroxyl groups is 1. The molecule has 2 aromatic rings. The molecule has 2 aromatic heterocycles. The first-order valence-corrected chi connectivity index (χ1v) is 9.03. The van der Waals surface area contributed by atoms with Crippen LogP contribution in [0.15, 0.2) is 30.6 Å². The second-order valence-corrected chi connectivity index (χ2v) is 7.34. The number of hydrogen-bond donors (Lipinski definition) is 2. The van der Waals surface area contributed by atoms with E-state index in [0.29, 0.717) is 29.6 Å². The Labute approximate surface area is 150 Å². The van der Waals surface area contributed by atoms with Crippen LogP contribution >= 0.6 is 11.3 Å². The molecule has 134 valence electrons. The van der Waals surface area contributed by atoms with Crippen molar-refractivity contribution in [1.82, 2.24) is 20.2 Å². The van der Waals surface area contributed by atoms with Gasteiger partial charge in [0.2, 0.25) is 0 Å². The molecule has 2 N–H and O–H groups in total. The Morgan fingerprint density at radius 3 is 2.92 bits per heavy atom. The van der Waals surface area contributed by atoms with Crippen molar-refractivity contribution in [3.05, 3.63) is 35.5 Å². The number of ether oxygens (including phenoxy) is 1. The number of amides is 1. The lowest BCUT2D eigenvalue weighted by Crippen LogP contribution is -2.51. The highest BCUT2D eigenvalue weighted by Crippen LogP contribution is 2.23. The molecule has 25 heavy (non-hydrogen) atoms. The Morgan fingerprint density at radius 2 is 2.20 bits per heavy atom. The predicted molar refractivity (Wildman–Crippen MR) is 95.6 cm³/mol. The first-order valence-electron chi connectivity index (χ1n) is 8.21. The van der Waals surface area contributed by atoms with E-state index in [0.717, 1.165) is 18.8 Å². The van der Waals surface area contributed by atoms with E-state index in [1.807, 2.05) is 18.2 Å². The molecule has 7 nitrogen and oxygen atoms in total. The predicted octanol–water partition coefficient (Wildman–Crippen LogP) is 1.02. The van der Waals surface area contributed by atoms with Crippen molar-refractivity contribution >= 4 is 17.2 Å². The molecule has 1 atom stereocenters. The maximum absolute atomic E-state index is 12.3. The van der Waals surface area contributed by atoms with Gasteiger partial charge in [-0.2, -0.15) is 0 Å². The molecule has 0 aromatic carbocycles. The Hall–Kier alpha value is -1.87. The monoisotopic (exact) mass is 362 g/mol. The maximum Gasteiger partial charge on any atom is 0.263 e. The summed E-state index contributed by atoms with van der Waals surface area (Å²) in [6.07, 6.45) is 3.24. The van der Waals surface area contributed by atoms with E-state index in [2.05, 4.69) is 20.2 Å². The molecule has 0 saturated carbocycles. The van der Waals surface area contributed by atoms with E-state index in [-0.39, 0.29) is 12.5 Å². The zero-order chi connectivity index (χ0) is 17.7. The summed E-state index contributed by atoms with van der Waals surface area (Å²) < 4.78 is 5.31. The van der Waals surface area contributed by atoms with Crippen LogP contribution in [-0.4, -0.2) is 70.9 Å². The highest BCUT2D eigenvalue weighted by molar-refractivity contribution is 7.16. The third-order valence-electron chi connectivity index (χ3n) is 3.91. The SMILES string of the molecule is C[C@@](O)(CNC(=O)c1cnc(-c2ccccn2)s1)CN1CCOCC1. The molecule has 3 rings (SSSR count). The minimum atomic E-state index is -0.999. The lowest BCUT2D eigenvalue weighted by molar-refractivity contribution is -0.0213. The highest BCUT2D eigenvalue weighted by Gasteiger charge is 2.26. The van der Waals surface area contributed by atoms with Crippen LogP contribution in [0.4, 0.5) is 0 Å². The molecule has 1 amide bonds. The van der Waals surface area contributed by atoms with Gasteiger partial charge in [0.25, 0.3) is 5.91 Å². The molecule has 1 aliphatic heterocycles. The topological polar surface area (TPSA) is 87.6 Å². The molecule has 0 unspecified atom stereocenters. The van der Waals surface area contributed by atoms with Crippen LogP contribution in [0.3, 0.4) is 0 Å². The summed E-state index contributed by atoms with van der Waals surface area (Å²) in [5.41, 5.74) is -0.257. The molecule has 8 heteroatoms. The van der Waals surface area contributed by atoms with E-state index >= 15 is 0 Å². The van der Waals surface area contributed by atoms with Gasteiger partial charge in [-0.25, -0.2) is 4.98 Å². The average molecular weight is 362 g/mol. The lowest BCUT2D eigenvalue weighted by atomic mass is 10.1. The number of thiazole rings is 1. The van der Waals surface area contributed by atoms with Gasteiger partial charge in [0.05, 0.1) is 30.7 Å². The summed E-state index contributed by atoms with van der Waals surface area (Å²) in [6.45, 7) is 5.37. The molecule has 0 spiro atoms. The summed E-state index contributed by atoms with van der Waals surface area (Å²) >= 11 is 1.29. The Bertz CT molecular complexity index is 699. The minimum Gasteiger partial charge on any atom is -0.387 e. The van der Waals surface area contributed by atoms with Crippen LogP contribution < -0.4 is 5.32 Å². The van der Waals surface area contributed by atoms with E-state index in [1.54, 1.807) is 19.3 Å². The number of rotatable bonds is 6. The standard InChI is InChI=1S/C17H22N4O3S/c1-17(23,12-21-6-8-24-9-7-21)11-20-15(22)14-10-19-16(25-14)13-4-2-3-5-18-13/h2-5,10,23H,6-9,11-12H2,1H3,(H,20,22)/t17-/m1/s1. The normalized spacial score (nSPS) is 17.8. The van der Waals surface area contributed by atoms with Gasteiger partial charge in [0.1, 0.15) is 9.88 Å². The van der Waals surface area contributed by atoms with Crippen molar-refractivity contribution in [2.45, 2.75) is 12.5 Å². The largest absolute Gasteiger partial charge is 0.387 e. The molecular formula is C17H22N4O3S. The molecule has 0 bridgehead atoms. The van der Waals surface area contributed by atoms with E-state index in [4.69, 9.17) is 4.74 Å². The van der Waals surface area contributed by atoms with E-state index in [1.165, 1.54) is 11.3 Å². The number of carbonyl (C=O) groups is 1. The van der Waals surface area contributed by atoms with Gasteiger partial charge in [-0.1, -0.05) is 6.07 Å². The summed E-state index contributed by atoms with van der Waals surface area (Å²) in [5.74, 6) is -0.234. The van der Waals surface area contributed by atoms with Gasteiger partial charge >= 0.3 is 0 Å². The fourth-order valence-electron chi connectivity index (χ4n) is 2.64. The van der Waals surface area contributed by atoms with Gasteiger partial charge in [0.15, 0.2) is 0 Å². The van der Waals surface area contributed by atoms with Crippen LogP contribution in [0.1, 0.15) is 16.6 Å². The maximum atomic E-state index is 12.3. The second-order valence-electron chi connectivity index (χ2n) is 6.31. The third kappa shape index (κ3) is 5.05. The van der Waals surface area contributed by atoms with Crippen LogP contribution in [-0.2, 0) is 4.74 Å². The van der Waals surface area contributed by atoms with Crippen molar-refractivity contribution in [2.24, 2.45) is 0 Å². The van der Waals surface area contributed by atoms with Gasteiger partial charge in [-0.3, -0.25) is 14.7 Å². The van der Waals surface area contributed by atoms with Crippen molar-refractivity contribution in [2.75, 3.05) is 39.4 Å². The summed E-state index contributed by atoms with van der Waals surface area (Å²) in [4.78, 5) is 23.5. The summed E-state index contributed by atoms with van der Waals surface area (Å²) in [6, 6.07) is 5.57. The van der Waals surface area contributed by atoms with Crippen LogP contribution in [0, 0.1) is 0 Å². The number of hydrogen-bond acceptors (Lipinski definition) is 7. The van der Waals surface area contributed by atoms with Crippen LogP contribution in [0.2, 0.25) is 0 Å². The zero-order valence-electron chi connectivity index (χ0n) is 14.1. The number of β-amino-alcohol motifs (C(OH)–C–C–N with tert-alkyl or cyclic N) is 1. The average Bonchev–Trinajstić information content (AvgIpc) is 3.11. The lowest BCUT2D eigenvalue weighted by Gasteiger charge is -2.33. The fourth-order valence-corrected chi connectivity index (χ4v) is 3.45. The Kier molecular flexibility index (Phi) is 5.74.